The third-order valence-corrected chi connectivity index (χ3v) is 4.65. The van der Waals surface area contributed by atoms with Crippen molar-refractivity contribution >= 4 is 15.7 Å². The van der Waals surface area contributed by atoms with Crippen LogP contribution in [0.1, 0.15) is 24.5 Å². The van der Waals surface area contributed by atoms with Gasteiger partial charge >= 0.3 is 6.18 Å². The Bertz CT molecular complexity index is 815. The van der Waals surface area contributed by atoms with Gasteiger partial charge in [0.15, 0.2) is 0 Å². The molecule has 0 saturated carbocycles. The summed E-state index contributed by atoms with van der Waals surface area (Å²) < 4.78 is 77.8. The van der Waals surface area contributed by atoms with Crippen molar-refractivity contribution in [2.45, 2.75) is 30.8 Å². The lowest BCUT2D eigenvalue weighted by molar-refractivity contribution is -0.137. The molecule has 8 heteroatoms. The molecule has 0 unspecified atom stereocenters. The first kappa shape index (κ1) is 18.3. The molecular weight excluding hydrogens is 346 g/mol. The largest absolute Gasteiger partial charge is 0.416 e. The number of hydrogen-bond acceptors (Lipinski definition) is 2. The van der Waals surface area contributed by atoms with Crippen LogP contribution >= 0.6 is 0 Å². The molecule has 0 saturated heterocycles. The topological polar surface area (TPSA) is 46.2 Å². The Morgan fingerprint density at radius 1 is 1.04 bits per heavy atom. The number of halogens is 4. The number of hydrogen-bond donors (Lipinski definition) is 1. The van der Waals surface area contributed by atoms with Gasteiger partial charge in [0.25, 0.3) is 10.0 Å². The van der Waals surface area contributed by atoms with E-state index < -0.39 is 33.3 Å². The minimum absolute atomic E-state index is 0.111. The highest BCUT2D eigenvalue weighted by Crippen LogP contribution is 2.32. The predicted octanol–water partition coefficient (Wildman–Crippen LogP) is 4.60. The standard InChI is InChI=1S/C16H15F4NO2S/c1-2-3-11-4-6-15(7-5-11)24(22,23)21-14-9-12(16(18,19)20)8-13(17)10-14/h4-10,21H,2-3H2,1H3. The van der Waals surface area contributed by atoms with Crippen LogP contribution in [0.3, 0.4) is 0 Å². The third-order valence-electron chi connectivity index (χ3n) is 3.25. The fourth-order valence-corrected chi connectivity index (χ4v) is 3.19. The molecule has 0 spiro atoms. The van der Waals surface area contributed by atoms with E-state index in [1.54, 1.807) is 12.1 Å². The van der Waals surface area contributed by atoms with Crippen molar-refractivity contribution in [2.75, 3.05) is 4.72 Å². The molecule has 0 atom stereocenters. The second-order valence-electron chi connectivity index (χ2n) is 5.23. The molecule has 0 aliphatic rings. The van der Waals surface area contributed by atoms with E-state index in [-0.39, 0.29) is 4.90 Å². The molecule has 24 heavy (non-hydrogen) atoms. The highest BCUT2D eigenvalue weighted by molar-refractivity contribution is 7.92. The zero-order chi connectivity index (χ0) is 18.0. The summed E-state index contributed by atoms with van der Waals surface area (Å²) in [5, 5.41) is 0. The Morgan fingerprint density at radius 3 is 2.21 bits per heavy atom. The van der Waals surface area contributed by atoms with Crippen molar-refractivity contribution in [3.8, 4) is 0 Å². The molecule has 0 fully saturated rings. The van der Waals surface area contributed by atoms with Gasteiger partial charge in [0.05, 0.1) is 16.1 Å². The zero-order valence-electron chi connectivity index (χ0n) is 12.7. The summed E-state index contributed by atoms with van der Waals surface area (Å²) in [5.74, 6) is -1.18. The van der Waals surface area contributed by atoms with Gasteiger partial charge in [-0.1, -0.05) is 25.5 Å². The van der Waals surface area contributed by atoms with Crippen LogP contribution in [0, 0.1) is 5.82 Å². The minimum atomic E-state index is -4.77. The highest BCUT2D eigenvalue weighted by atomic mass is 32.2. The number of anilines is 1. The molecule has 0 aliphatic carbocycles. The van der Waals surface area contributed by atoms with Gasteiger partial charge in [0.1, 0.15) is 5.82 Å². The summed E-state index contributed by atoms with van der Waals surface area (Å²) in [5.41, 5.74) is -0.806. The van der Waals surface area contributed by atoms with E-state index >= 15 is 0 Å². The van der Waals surface area contributed by atoms with E-state index in [9.17, 15) is 26.0 Å². The molecule has 0 aromatic heterocycles. The molecule has 0 amide bonds. The van der Waals surface area contributed by atoms with Gasteiger partial charge in [0, 0.05) is 0 Å². The molecular formula is C16H15F4NO2S. The van der Waals surface area contributed by atoms with Crippen molar-refractivity contribution in [1.82, 2.24) is 0 Å². The van der Waals surface area contributed by atoms with E-state index in [0.29, 0.717) is 18.2 Å². The maximum absolute atomic E-state index is 13.3. The van der Waals surface area contributed by atoms with Crippen LogP contribution in [-0.2, 0) is 22.6 Å². The fourth-order valence-electron chi connectivity index (χ4n) is 2.15. The second-order valence-corrected chi connectivity index (χ2v) is 6.91. The summed E-state index contributed by atoms with van der Waals surface area (Å²) in [6.07, 6.45) is -3.09. The summed E-state index contributed by atoms with van der Waals surface area (Å²) in [6.45, 7) is 1.98. The monoisotopic (exact) mass is 361 g/mol. The lowest BCUT2D eigenvalue weighted by Gasteiger charge is -2.12. The van der Waals surface area contributed by atoms with Crippen molar-refractivity contribution in [3.05, 3.63) is 59.4 Å². The van der Waals surface area contributed by atoms with Gasteiger partial charge < -0.3 is 0 Å². The molecule has 0 heterocycles. The Kier molecular flexibility index (Phi) is 5.17. The fraction of sp³-hybridized carbons (Fsp3) is 0.250. The Morgan fingerprint density at radius 2 is 1.67 bits per heavy atom. The van der Waals surface area contributed by atoms with E-state index in [2.05, 4.69) is 0 Å². The van der Waals surface area contributed by atoms with Crippen molar-refractivity contribution in [3.63, 3.8) is 0 Å². The number of benzene rings is 2. The number of rotatable bonds is 5. The van der Waals surface area contributed by atoms with E-state index in [4.69, 9.17) is 0 Å². The maximum Gasteiger partial charge on any atom is 0.416 e. The minimum Gasteiger partial charge on any atom is -0.280 e. The number of sulfonamides is 1. The van der Waals surface area contributed by atoms with Gasteiger partial charge in [-0.3, -0.25) is 4.72 Å². The van der Waals surface area contributed by atoms with Crippen LogP contribution in [0.25, 0.3) is 0 Å². The van der Waals surface area contributed by atoms with Crippen LogP contribution in [0.15, 0.2) is 47.4 Å². The zero-order valence-corrected chi connectivity index (χ0v) is 13.5. The van der Waals surface area contributed by atoms with Crippen LogP contribution in [0.2, 0.25) is 0 Å². The number of alkyl halides is 3. The molecule has 2 aromatic rings. The van der Waals surface area contributed by atoms with Crippen LogP contribution in [0.5, 0.6) is 0 Å². The average molecular weight is 361 g/mol. The maximum atomic E-state index is 13.3. The van der Waals surface area contributed by atoms with Gasteiger partial charge in [-0.25, -0.2) is 12.8 Å². The Labute approximate surface area is 137 Å². The van der Waals surface area contributed by atoms with Crippen molar-refractivity contribution in [1.29, 1.82) is 0 Å². The SMILES string of the molecule is CCCc1ccc(S(=O)(=O)Nc2cc(F)cc(C(F)(F)F)c2)cc1. The summed E-state index contributed by atoms with van der Waals surface area (Å²) in [7, 11) is -4.11. The summed E-state index contributed by atoms with van der Waals surface area (Å²) in [4.78, 5) is -0.111. The lowest BCUT2D eigenvalue weighted by atomic mass is 10.1. The summed E-state index contributed by atoms with van der Waals surface area (Å²) >= 11 is 0. The third kappa shape index (κ3) is 4.47. The van der Waals surface area contributed by atoms with Gasteiger partial charge in [0.2, 0.25) is 0 Å². The number of nitrogens with one attached hydrogen (secondary N) is 1. The first-order chi connectivity index (χ1) is 11.1. The Balaban J connectivity index is 2.30. The van der Waals surface area contributed by atoms with E-state index in [1.165, 1.54) is 12.1 Å². The molecule has 3 nitrogen and oxygen atoms in total. The highest BCUT2D eigenvalue weighted by Gasteiger charge is 2.31. The number of aryl methyl sites for hydroxylation is 1. The second kappa shape index (κ2) is 6.80. The summed E-state index contributed by atoms with van der Waals surface area (Å²) in [6, 6.07) is 7.52. The van der Waals surface area contributed by atoms with Crippen molar-refractivity contribution < 1.29 is 26.0 Å². The van der Waals surface area contributed by atoms with Gasteiger partial charge in [-0.15, -0.1) is 0 Å². The van der Waals surface area contributed by atoms with E-state index in [1.807, 2.05) is 11.6 Å². The van der Waals surface area contributed by atoms with E-state index in [0.717, 1.165) is 18.4 Å². The molecule has 1 N–H and O–H groups in total. The van der Waals surface area contributed by atoms with Crippen LogP contribution < -0.4 is 4.72 Å². The molecule has 2 rings (SSSR count). The van der Waals surface area contributed by atoms with Gasteiger partial charge in [-0.05, 0) is 42.3 Å². The van der Waals surface area contributed by atoms with Crippen molar-refractivity contribution in [2.24, 2.45) is 0 Å². The molecule has 0 aliphatic heterocycles. The lowest BCUT2D eigenvalue weighted by Crippen LogP contribution is -2.14. The quantitative estimate of drug-likeness (QED) is 0.792. The molecule has 2 aromatic carbocycles. The Hall–Kier alpha value is -2.09. The predicted molar refractivity (Wildman–Crippen MR) is 82.6 cm³/mol. The molecule has 0 radical (unpaired) electrons. The van der Waals surface area contributed by atoms with Crippen LogP contribution in [0.4, 0.5) is 23.2 Å². The average Bonchev–Trinajstić information content (AvgIpc) is 2.46. The molecule has 130 valence electrons. The first-order valence-corrected chi connectivity index (χ1v) is 8.59. The molecule has 0 bridgehead atoms. The normalized spacial score (nSPS) is 12.2. The van der Waals surface area contributed by atoms with Gasteiger partial charge in [-0.2, -0.15) is 13.2 Å². The van der Waals surface area contributed by atoms with Crippen LogP contribution in [-0.4, -0.2) is 8.42 Å². The first-order valence-electron chi connectivity index (χ1n) is 7.11. The smallest absolute Gasteiger partial charge is 0.280 e.